The number of halogens is 1. The number of hydrogen-bond donors (Lipinski definition) is 0. The molecule has 1 fully saturated rings. The number of amides is 1. The predicted octanol–water partition coefficient (Wildman–Crippen LogP) is 3.06. The molecule has 148 valence electrons. The van der Waals surface area contributed by atoms with E-state index < -0.39 is 21.7 Å². The van der Waals surface area contributed by atoms with Crippen LogP contribution in [0.3, 0.4) is 0 Å². The van der Waals surface area contributed by atoms with E-state index in [1.165, 1.54) is 23.1 Å². The van der Waals surface area contributed by atoms with Gasteiger partial charge in [0.05, 0.1) is 18.6 Å². The Morgan fingerprint density at radius 2 is 2.00 bits per heavy atom. The molecular formula is C21H22FNO4S. The van der Waals surface area contributed by atoms with E-state index in [4.69, 9.17) is 4.74 Å². The van der Waals surface area contributed by atoms with Gasteiger partial charge in [-0.2, -0.15) is 0 Å². The van der Waals surface area contributed by atoms with E-state index in [0.717, 1.165) is 5.56 Å². The van der Waals surface area contributed by atoms with E-state index in [0.29, 0.717) is 17.7 Å². The van der Waals surface area contributed by atoms with Crippen LogP contribution >= 0.6 is 0 Å². The number of rotatable bonds is 6. The summed E-state index contributed by atoms with van der Waals surface area (Å²) in [6.07, 6.45) is 3.48. The summed E-state index contributed by atoms with van der Waals surface area (Å²) in [6.45, 7) is 0.156. The first-order valence-corrected chi connectivity index (χ1v) is 10.8. The Morgan fingerprint density at radius 1 is 1.25 bits per heavy atom. The van der Waals surface area contributed by atoms with E-state index in [9.17, 15) is 17.6 Å². The summed E-state index contributed by atoms with van der Waals surface area (Å²) in [7, 11) is -1.58. The first-order chi connectivity index (χ1) is 13.4. The van der Waals surface area contributed by atoms with Crippen molar-refractivity contribution in [2.75, 3.05) is 18.6 Å². The molecule has 0 bridgehead atoms. The Morgan fingerprint density at radius 3 is 2.61 bits per heavy atom. The average Bonchev–Trinajstić information content (AvgIpc) is 3.04. The molecule has 2 aromatic carbocycles. The van der Waals surface area contributed by atoms with Crippen LogP contribution in [0.15, 0.2) is 54.6 Å². The summed E-state index contributed by atoms with van der Waals surface area (Å²) in [6, 6.07) is 12.8. The molecular weight excluding hydrogens is 381 g/mol. The molecule has 0 aromatic heterocycles. The lowest BCUT2D eigenvalue weighted by Crippen LogP contribution is -2.39. The normalized spacial score (nSPS) is 18.3. The number of carbonyl (C=O) groups is 1. The number of sulfone groups is 1. The molecule has 5 nitrogen and oxygen atoms in total. The van der Waals surface area contributed by atoms with Crippen LogP contribution in [0.4, 0.5) is 4.39 Å². The van der Waals surface area contributed by atoms with Gasteiger partial charge in [-0.05, 0) is 47.9 Å². The van der Waals surface area contributed by atoms with E-state index in [-0.39, 0.29) is 24.0 Å². The fraction of sp³-hybridized carbons (Fsp3) is 0.286. The standard InChI is InChI=1S/C21H22FNO4S/c1-27-20-8-5-16(6-9-20)7-10-21(24)23(19-11-12-28(25,26)15-19)14-17-3-2-4-18(22)13-17/h2-10,13,19H,11-12,14-15H2,1H3. The summed E-state index contributed by atoms with van der Waals surface area (Å²) >= 11 is 0. The molecule has 7 heteroatoms. The van der Waals surface area contributed by atoms with Crippen LogP contribution < -0.4 is 4.74 Å². The highest BCUT2D eigenvalue weighted by molar-refractivity contribution is 7.91. The van der Waals surface area contributed by atoms with E-state index in [1.54, 1.807) is 37.5 Å². The monoisotopic (exact) mass is 403 g/mol. The van der Waals surface area contributed by atoms with Crippen molar-refractivity contribution in [3.05, 3.63) is 71.6 Å². The summed E-state index contributed by atoms with van der Waals surface area (Å²) in [5, 5.41) is 0. The second-order valence-electron chi connectivity index (χ2n) is 6.76. The van der Waals surface area contributed by atoms with Gasteiger partial charge in [-0.25, -0.2) is 12.8 Å². The second-order valence-corrected chi connectivity index (χ2v) is 8.99. The molecule has 0 radical (unpaired) electrons. The SMILES string of the molecule is COc1ccc(C=CC(=O)N(Cc2cccc(F)c2)C2CCS(=O)(=O)C2)cc1. The predicted molar refractivity (Wildman–Crippen MR) is 106 cm³/mol. The molecule has 1 saturated heterocycles. The molecule has 0 aliphatic carbocycles. The Labute approximate surface area is 164 Å². The lowest BCUT2D eigenvalue weighted by atomic mass is 10.1. The molecule has 1 unspecified atom stereocenters. The molecule has 1 heterocycles. The van der Waals surface area contributed by atoms with Crippen LogP contribution in [-0.2, 0) is 21.2 Å². The second kappa shape index (κ2) is 8.56. The maximum Gasteiger partial charge on any atom is 0.247 e. The Kier molecular flexibility index (Phi) is 6.14. The fourth-order valence-electron chi connectivity index (χ4n) is 3.22. The van der Waals surface area contributed by atoms with E-state index in [1.807, 2.05) is 12.1 Å². The van der Waals surface area contributed by atoms with Gasteiger partial charge < -0.3 is 9.64 Å². The smallest absolute Gasteiger partial charge is 0.247 e. The van der Waals surface area contributed by atoms with Gasteiger partial charge in [-0.3, -0.25) is 4.79 Å². The maximum atomic E-state index is 13.5. The third-order valence-corrected chi connectivity index (χ3v) is 6.46. The fourth-order valence-corrected chi connectivity index (χ4v) is 4.95. The maximum absolute atomic E-state index is 13.5. The van der Waals surface area contributed by atoms with Crippen LogP contribution in [0.25, 0.3) is 6.08 Å². The quantitative estimate of drug-likeness (QED) is 0.696. The number of carbonyl (C=O) groups excluding carboxylic acids is 1. The van der Waals surface area contributed by atoms with Crippen molar-refractivity contribution in [3.63, 3.8) is 0 Å². The molecule has 0 spiro atoms. The van der Waals surface area contributed by atoms with Crippen molar-refractivity contribution in [2.24, 2.45) is 0 Å². The van der Waals surface area contributed by atoms with Crippen molar-refractivity contribution in [3.8, 4) is 5.75 Å². The molecule has 3 rings (SSSR count). The summed E-state index contributed by atoms with van der Waals surface area (Å²) in [5.41, 5.74) is 1.44. The van der Waals surface area contributed by atoms with Gasteiger partial charge in [0, 0.05) is 18.7 Å². The topological polar surface area (TPSA) is 63.7 Å². The Hall–Kier alpha value is -2.67. The van der Waals surface area contributed by atoms with Crippen molar-refractivity contribution < 1.29 is 22.3 Å². The molecule has 1 atom stereocenters. The molecule has 1 amide bonds. The summed E-state index contributed by atoms with van der Waals surface area (Å²) < 4.78 is 42.4. The summed E-state index contributed by atoms with van der Waals surface area (Å²) in [5.74, 6) is 0.0179. The van der Waals surface area contributed by atoms with Crippen LogP contribution in [0, 0.1) is 5.82 Å². The van der Waals surface area contributed by atoms with Crippen molar-refractivity contribution in [1.82, 2.24) is 4.90 Å². The lowest BCUT2D eigenvalue weighted by molar-refractivity contribution is -0.128. The number of benzene rings is 2. The zero-order valence-electron chi connectivity index (χ0n) is 15.5. The largest absolute Gasteiger partial charge is 0.497 e. The summed E-state index contributed by atoms with van der Waals surface area (Å²) in [4.78, 5) is 14.4. The first kappa shape index (κ1) is 20.1. The first-order valence-electron chi connectivity index (χ1n) is 8.94. The van der Waals surface area contributed by atoms with Gasteiger partial charge in [0.2, 0.25) is 5.91 Å². The van der Waals surface area contributed by atoms with Crippen molar-refractivity contribution in [1.29, 1.82) is 0 Å². The van der Waals surface area contributed by atoms with E-state index in [2.05, 4.69) is 0 Å². The van der Waals surface area contributed by atoms with Crippen LogP contribution in [0.2, 0.25) is 0 Å². The van der Waals surface area contributed by atoms with E-state index >= 15 is 0 Å². The van der Waals surface area contributed by atoms with Gasteiger partial charge in [0.1, 0.15) is 11.6 Å². The zero-order chi connectivity index (χ0) is 20.1. The third-order valence-electron chi connectivity index (χ3n) is 4.71. The third kappa shape index (κ3) is 5.19. The zero-order valence-corrected chi connectivity index (χ0v) is 16.4. The molecule has 28 heavy (non-hydrogen) atoms. The molecule has 1 aliphatic heterocycles. The van der Waals surface area contributed by atoms with Crippen molar-refractivity contribution >= 4 is 21.8 Å². The Bertz CT molecular complexity index is 970. The number of hydrogen-bond acceptors (Lipinski definition) is 4. The Balaban J connectivity index is 1.80. The van der Waals surface area contributed by atoms with Gasteiger partial charge >= 0.3 is 0 Å². The number of ether oxygens (including phenoxy) is 1. The highest BCUT2D eigenvalue weighted by Crippen LogP contribution is 2.21. The molecule has 2 aromatic rings. The van der Waals surface area contributed by atoms with Gasteiger partial charge in [-0.15, -0.1) is 0 Å². The van der Waals surface area contributed by atoms with Gasteiger partial charge in [0.15, 0.2) is 9.84 Å². The molecule has 1 aliphatic rings. The lowest BCUT2D eigenvalue weighted by Gasteiger charge is -2.27. The highest BCUT2D eigenvalue weighted by atomic mass is 32.2. The van der Waals surface area contributed by atoms with Crippen LogP contribution in [0.5, 0.6) is 5.75 Å². The highest BCUT2D eigenvalue weighted by Gasteiger charge is 2.34. The molecule has 0 saturated carbocycles. The van der Waals surface area contributed by atoms with Crippen molar-refractivity contribution in [2.45, 2.75) is 19.0 Å². The van der Waals surface area contributed by atoms with Gasteiger partial charge in [0.25, 0.3) is 0 Å². The van der Waals surface area contributed by atoms with Crippen LogP contribution in [0.1, 0.15) is 17.5 Å². The molecule has 0 N–H and O–H groups in total. The number of methoxy groups -OCH3 is 1. The van der Waals surface area contributed by atoms with Gasteiger partial charge in [-0.1, -0.05) is 24.3 Å². The minimum Gasteiger partial charge on any atom is -0.497 e. The minimum atomic E-state index is -3.16. The van der Waals surface area contributed by atoms with Crippen LogP contribution in [-0.4, -0.2) is 43.9 Å². The average molecular weight is 403 g/mol. The minimum absolute atomic E-state index is 0.0623. The number of nitrogens with zero attached hydrogens (tertiary/aromatic N) is 1.